The van der Waals surface area contributed by atoms with Gasteiger partial charge in [0.15, 0.2) is 0 Å². The molecule has 0 saturated carbocycles. The molecule has 2 heteroatoms. The van der Waals surface area contributed by atoms with Gasteiger partial charge in [-0.3, -0.25) is 0 Å². The molecule has 0 bridgehead atoms. The van der Waals surface area contributed by atoms with Gasteiger partial charge in [-0.15, -0.1) is 0 Å². The SMILES string of the molecule is CCCCCCCCCCCCCCCCCCN1C=CN(CCCCCCCCCCCCC)C1CCCCCCCCCCCCC. The molecule has 0 radical (unpaired) electrons. The molecule has 2 nitrogen and oxygen atoms in total. The fraction of sp³-hybridized carbons (Fsp3) is 0.957. The Bertz CT molecular complexity index is 644. The van der Waals surface area contributed by atoms with Gasteiger partial charge in [0.25, 0.3) is 0 Å². The molecule has 1 unspecified atom stereocenters. The van der Waals surface area contributed by atoms with Gasteiger partial charge in [0.2, 0.25) is 0 Å². The molecule has 1 aliphatic rings. The lowest BCUT2D eigenvalue weighted by molar-refractivity contribution is 0.135. The van der Waals surface area contributed by atoms with Crippen molar-refractivity contribution in [3.63, 3.8) is 0 Å². The van der Waals surface area contributed by atoms with Crippen LogP contribution < -0.4 is 0 Å². The Hall–Kier alpha value is -0.660. The summed E-state index contributed by atoms with van der Waals surface area (Å²) in [7, 11) is 0. The average molecular weight is 687 g/mol. The summed E-state index contributed by atoms with van der Waals surface area (Å²) in [6.45, 7) is 9.49. The van der Waals surface area contributed by atoms with Gasteiger partial charge in [-0.2, -0.15) is 0 Å². The lowest BCUT2D eigenvalue weighted by Gasteiger charge is -2.33. The van der Waals surface area contributed by atoms with Crippen LogP contribution in [0.3, 0.4) is 0 Å². The summed E-state index contributed by atoms with van der Waals surface area (Å²) in [6, 6.07) is 0. The molecule has 0 aromatic heterocycles. The van der Waals surface area contributed by atoms with Gasteiger partial charge in [-0.1, -0.05) is 245 Å². The quantitative estimate of drug-likeness (QED) is 0.0591. The van der Waals surface area contributed by atoms with Crippen LogP contribution in [-0.4, -0.2) is 29.1 Å². The van der Waals surface area contributed by atoms with Crippen LogP contribution in [0.2, 0.25) is 0 Å². The summed E-state index contributed by atoms with van der Waals surface area (Å²) in [6.07, 6.45) is 61.9. The van der Waals surface area contributed by atoms with Crippen molar-refractivity contribution in [3.8, 4) is 0 Å². The summed E-state index contributed by atoms with van der Waals surface area (Å²) in [5, 5.41) is 0. The average Bonchev–Trinajstić information content (AvgIpc) is 3.50. The lowest BCUT2D eigenvalue weighted by Crippen LogP contribution is -2.39. The Labute approximate surface area is 311 Å². The van der Waals surface area contributed by atoms with Crippen molar-refractivity contribution < 1.29 is 0 Å². The van der Waals surface area contributed by atoms with Gasteiger partial charge < -0.3 is 9.80 Å². The summed E-state index contributed by atoms with van der Waals surface area (Å²) in [5.74, 6) is 0. The van der Waals surface area contributed by atoms with E-state index in [9.17, 15) is 0 Å². The summed E-state index contributed by atoms with van der Waals surface area (Å²) < 4.78 is 0. The third-order valence-corrected chi connectivity index (χ3v) is 11.6. The minimum Gasteiger partial charge on any atom is -0.356 e. The third kappa shape index (κ3) is 30.7. The second kappa shape index (κ2) is 38.6. The number of nitrogens with zero attached hydrogens (tertiary/aromatic N) is 2. The van der Waals surface area contributed by atoms with Crippen LogP contribution >= 0.6 is 0 Å². The minimum atomic E-state index is 0.637. The van der Waals surface area contributed by atoms with Crippen LogP contribution in [-0.2, 0) is 0 Å². The molecule has 1 aliphatic heterocycles. The van der Waals surface area contributed by atoms with Crippen molar-refractivity contribution in [2.75, 3.05) is 13.1 Å². The Morgan fingerprint density at radius 3 is 0.714 bits per heavy atom. The topological polar surface area (TPSA) is 6.48 Å². The maximum absolute atomic E-state index is 2.73. The van der Waals surface area contributed by atoms with E-state index in [2.05, 4.69) is 43.0 Å². The predicted molar refractivity (Wildman–Crippen MR) is 223 cm³/mol. The molecule has 0 amide bonds. The third-order valence-electron chi connectivity index (χ3n) is 11.6. The van der Waals surface area contributed by atoms with E-state index in [1.807, 2.05) is 0 Å². The largest absolute Gasteiger partial charge is 0.356 e. The van der Waals surface area contributed by atoms with Crippen molar-refractivity contribution in [3.05, 3.63) is 12.4 Å². The Kier molecular flexibility index (Phi) is 36.5. The van der Waals surface area contributed by atoms with E-state index in [1.165, 1.54) is 264 Å². The predicted octanol–water partition coefficient (Wildman–Crippen LogP) is 16.7. The van der Waals surface area contributed by atoms with E-state index in [-0.39, 0.29) is 0 Å². The highest BCUT2D eigenvalue weighted by atomic mass is 15.4. The standard InChI is InChI=1S/C47H94N2/c1-4-7-10-13-16-19-22-23-24-25-26-29-32-35-38-41-44-49-46-45-48(43-40-37-34-31-28-21-18-15-12-9-6-3)47(49)42-39-36-33-30-27-20-17-14-11-8-5-2/h45-47H,4-44H2,1-3H3. The first-order chi connectivity index (χ1) is 24.3. The van der Waals surface area contributed by atoms with Crippen LogP contribution in [0.4, 0.5) is 0 Å². The fourth-order valence-corrected chi connectivity index (χ4v) is 8.13. The number of rotatable bonds is 41. The molecule has 0 aromatic rings. The van der Waals surface area contributed by atoms with Gasteiger partial charge in [-0.05, 0) is 25.7 Å². The van der Waals surface area contributed by atoms with Crippen molar-refractivity contribution >= 4 is 0 Å². The van der Waals surface area contributed by atoms with E-state index in [0.717, 1.165) is 0 Å². The highest BCUT2D eigenvalue weighted by Gasteiger charge is 2.24. The molecule has 0 fully saturated rings. The maximum Gasteiger partial charge on any atom is 0.101 e. The molecule has 49 heavy (non-hydrogen) atoms. The number of hydrogen-bond donors (Lipinski definition) is 0. The van der Waals surface area contributed by atoms with Crippen LogP contribution in [0, 0.1) is 0 Å². The van der Waals surface area contributed by atoms with Gasteiger partial charge in [-0.25, -0.2) is 0 Å². The maximum atomic E-state index is 2.73. The zero-order valence-corrected chi connectivity index (χ0v) is 34.6. The highest BCUT2D eigenvalue weighted by Crippen LogP contribution is 2.24. The zero-order chi connectivity index (χ0) is 35.1. The van der Waals surface area contributed by atoms with Crippen molar-refractivity contribution in [2.24, 2.45) is 0 Å². The summed E-state index contributed by atoms with van der Waals surface area (Å²) in [4.78, 5) is 5.47. The van der Waals surface area contributed by atoms with Crippen molar-refractivity contribution in [1.82, 2.24) is 9.80 Å². The van der Waals surface area contributed by atoms with Gasteiger partial charge in [0.1, 0.15) is 6.17 Å². The second-order valence-electron chi connectivity index (χ2n) is 16.4. The molecule has 0 aliphatic carbocycles. The summed E-state index contributed by atoms with van der Waals surface area (Å²) >= 11 is 0. The smallest absolute Gasteiger partial charge is 0.101 e. The molecule has 0 N–H and O–H groups in total. The molecule has 1 heterocycles. The van der Waals surface area contributed by atoms with Gasteiger partial charge in [0.05, 0.1) is 0 Å². The highest BCUT2D eigenvalue weighted by molar-refractivity contribution is 4.97. The minimum absolute atomic E-state index is 0.637. The molecular weight excluding hydrogens is 593 g/mol. The molecule has 0 saturated heterocycles. The van der Waals surface area contributed by atoms with E-state index >= 15 is 0 Å². The first-order valence-electron chi connectivity index (χ1n) is 23.5. The molecule has 292 valence electrons. The monoisotopic (exact) mass is 687 g/mol. The Balaban J connectivity index is 2.19. The fourth-order valence-electron chi connectivity index (χ4n) is 8.13. The van der Waals surface area contributed by atoms with E-state index in [4.69, 9.17) is 0 Å². The number of hydrogen-bond acceptors (Lipinski definition) is 2. The van der Waals surface area contributed by atoms with Crippen LogP contribution in [0.5, 0.6) is 0 Å². The van der Waals surface area contributed by atoms with Crippen LogP contribution in [0.15, 0.2) is 12.4 Å². The zero-order valence-electron chi connectivity index (χ0n) is 34.6. The molecule has 0 spiro atoms. The van der Waals surface area contributed by atoms with Crippen LogP contribution in [0.25, 0.3) is 0 Å². The Morgan fingerprint density at radius 1 is 0.265 bits per heavy atom. The molecular formula is C47H94N2. The van der Waals surface area contributed by atoms with Gasteiger partial charge >= 0.3 is 0 Å². The van der Waals surface area contributed by atoms with Crippen molar-refractivity contribution in [1.29, 1.82) is 0 Å². The molecule has 1 atom stereocenters. The Morgan fingerprint density at radius 2 is 0.469 bits per heavy atom. The lowest BCUT2D eigenvalue weighted by atomic mass is 10.0. The molecule has 0 aromatic carbocycles. The van der Waals surface area contributed by atoms with Crippen LogP contribution in [0.1, 0.15) is 271 Å². The summed E-state index contributed by atoms with van der Waals surface area (Å²) in [5.41, 5.74) is 0. The first kappa shape index (κ1) is 46.4. The normalized spacial score (nSPS) is 14.6. The van der Waals surface area contributed by atoms with E-state index < -0.39 is 0 Å². The molecule has 1 rings (SSSR count). The van der Waals surface area contributed by atoms with Crippen molar-refractivity contribution in [2.45, 2.75) is 277 Å². The number of unbranched alkanes of at least 4 members (excludes halogenated alkanes) is 35. The van der Waals surface area contributed by atoms with E-state index in [1.54, 1.807) is 0 Å². The second-order valence-corrected chi connectivity index (χ2v) is 16.4. The van der Waals surface area contributed by atoms with Gasteiger partial charge in [0, 0.05) is 25.5 Å². The van der Waals surface area contributed by atoms with E-state index in [0.29, 0.717) is 6.17 Å². The first-order valence-corrected chi connectivity index (χ1v) is 23.5.